The smallest absolute Gasteiger partial charge is 0.191 e. The molecular weight excluding hydrogens is 282 g/mol. The Morgan fingerprint density at radius 1 is 1.33 bits per heavy atom. The zero-order chi connectivity index (χ0) is 15.3. The van der Waals surface area contributed by atoms with Gasteiger partial charge in [-0.3, -0.25) is 4.99 Å². The molecule has 0 atom stereocenters. The van der Waals surface area contributed by atoms with E-state index in [1.807, 2.05) is 25.2 Å². The van der Waals surface area contributed by atoms with Crippen molar-refractivity contribution in [3.05, 3.63) is 47.0 Å². The molecule has 114 valence electrons. The lowest BCUT2D eigenvalue weighted by atomic mass is 9.84. The number of hydrogen-bond donors (Lipinski definition) is 2. The van der Waals surface area contributed by atoms with E-state index in [0.717, 1.165) is 30.4 Å². The number of hydrogen-bond acceptors (Lipinski definition) is 1. The number of halogens is 1. The molecule has 1 aliphatic carbocycles. The second kappa shape index (κ2) is 6.99. The van der Waals surface area contributed by atoms with Gasteiger partial charge in [-0.15, -0.1) is 0 Å². The van der Waals surface area contributed by atoms with Crippen LogP contribution < -0.4 is 10.6 Å². The highest BCUT2D eigenvalue weighted by Crippen LogP contribution is 2.24. The van der Waals surface area contributed by atoms with E-state index in [4.69, 9.17) is 11.6 Å². The van der Waals surface area contributed by atoms with Crippen LogP contribution in [-0.4, -0.2) is 25.6 Å². The van der Waals surface area contributed by atoms with E-state index < -0.39 is 0 Å². The fourth-order valence-corrected chi connectivity index (χ4v) is 2.63. The number of aliphatic imine (C=N–C) groups is 1. The molecule has 4 heteroatoms. The van der Waals surface area contributed by atoms with E-state index >= 15 is 0 Å². The van der Waals surface area contributed by atoms with Gasteiger partial charge in [0.15, 0.2) is 5.96 Å². The Morgan fingerprint density at radius 2 is 2.05 bits per heavy atom. The second-order valence-corrected chi connectivity index (χ2v) is 6.54. The third-order valence-corrected chi connectivity index (χ3v) is 4.11. The van der Waals surface area contributed by atoms with Gasteiger partial charge in [0.25, 0.3) is 0 Å². The van der Waals surface area contributed by atoms with E-state index in [9.17, 15) is 0 Å². The molecule has 0 aromatic heterocycles. The third kappa shape index (κ3) is 4.50. The number of rotatable bonds is 4. The van der Waals surface area contributed by atoms with E-state index in [1.165, 1.54) is 5.56 Å². The first-order chi connectivity index (χ1) is 10.0. The molecular formula is C17H24ClN3. The summed E-state index contributed by atoms with van der Waals surface area (Å²) >= 11 is 6.09. The van der Waals surface area contributed by atoms with Crippen molar-refractivity contribution in [3.8, 4) is 0 Å². The molecule has 1 aliphatic rings. The summed E-state index contributed by atoms with van der Waals surface area (Å²) in [5, 5.41) is 7.65. The molecule has 0 bridgehead atoms. The van der Waals surface area contributed by atoms with Crippen LogP contribution in [0, 0.1) is 0 Å². The summed E-state index contributed by atoms with van der Waals surface area (Å²) in [5.41, 5.74) is 1.21. The molecule has 0 aliphatic heterocycles. The summed E-state index contributed by atoms with van der Waals surface area (Å²) in [5.74, 6) is 0.860. The molecule has 3 nitrogen and oxygen atoms in total. The molecule has 0 spiro atoms. The highest BCUT2D eigenvalue weighted by Gasteiger charge is 2.21. The summed E-state index contributed by atoms with van der Waals surface area (Å²) < 4.78 is 0. The highest BCUT2D eigenvalue weighted by molar-refractivity contribution is 6.30. The molecule has 0 heterocycles. The van der Waals surface area contributed by atoms with Crippen molar-refractivity contribution in [3.63, 3.8) is 0 Å². The van der Waals surface area contributed by atoms with Gasteiger partial charge in [-0.25, -0.2) is 0 Å². The van der Waals surface area contributed by atoms with E-state index in [1.54, 1.807) is 0 Å². The summed E-state index contributed by atoms with van der Waals surface area (Å²) in [6.07, 6.45) is 6.55. The molecule has 21 heavy (non-hydrogen) atoms. The van der Waals surface area contributed by atoms with Gasteiger partial charge in [0.05, 0.1) is 0 Å². The average molecular weight is 306 g/mol. The number of nitrogens with one attached hydrogen (secondary N) is 2. The first-order valence-corrected chi connectivity index (χ1v) is 7.77. The Hall–Kier alpha value is -1.48. The van der Waals surface area contributed by atoms with Crippen LogP contribution in [0.25, 0.3) is 0 Å². The molecule has 1 aromatic carbocycles. The number of nitrogens with zero attached hydrogens (tertiary/aromatic N) is 1. The Labute approximate surface area is 132 Å². The second-order valence-electron chi connectivity index (χ2n) is 6.10. The van der Waals surface area contributed by atoms with Crippen molar-refractivity contribution in [2.45, 2.75) is 38.1 Å². The van der Waals surface area contributed by atoms with Crippen molar-refractivity contribution in [2.24, 2.45) is 4.99 Å². The minimum absolute atomic E-state index is 0.0174. The van der Waals surface area contributed by atoms with Gasteiger partial charge in [-0.2, -0.15) is 0 Å². The van der Waals surface area contributed by atoms with Crippen LogP contribution in [0.3, 0.4) is 0 Å². The topological polar surface area (TPSA) is 36.4 Å². The summed E-state index contributed by atoms with van der Waals surface area (Å²) in [7, 11) is 1.81. The van der Waals surface area contributed by atoms with Crippen LogP contribution in [0.1, 0.15) is 32.3 Å². The lowest BCUT2D eigenvalue weighted by Crippen LogP contribution is -2.46. The van der Waals surface area contributed by atoms with Gasteiger partial charge >= 0.3 is 0 Å². The number of guanidine groups is 1. The van der Waals surface area contributed by atoms with Gasteiger partial charge in [-0.1, -0.05) is 49.7 Å². The molecule has 1 aromatic rings. The van der Waals surface area contributed by atoms with Crippen molar-refractivity contribution < 1.29 is 0 Å². The van der Waals surface area contributed by atoms with Crippen LogP contribution in [0.15, 0.2) is 41.4 Å². The van der Waals surface area contributed by atoms with Gasteiger partial charge in [0, 0.05) is 30.1 Å². The first kappa shape index (κ1) is 15.9. The average Bonchev–Trinajstić information content (AvgIpc) is 2.96. The maximum atomic E-state index is 6.09. The van der Waals surface area contributed by atoms with Crippen LogP contribution >= 0.6 is 11.6 Å². The zero-order valence-corrected chi connectivity index (χ0v) is 13.7. The molecule has 0 radical (unpaired) electrons. The van der Waals surface area contributed by atoms with Gasteiger partial charge in [0.1, 0.15) is 0 Å². The summed E-state index contributed by atoms with van der Waals surface area (Å²) in [6.45, 7) is 5.21. The SMILES string of the molecule is CN=C(NCC(C)(C)c1cccc(Cl)c1)NC1CC=CC1. The zero-order valence-electron chi connectivity index (χ0n) is 13.0. The van der Waals surface area contributed by atoms with E-state index in [2.05, 4.69) is 47.7 Å². The maximum Gasteiger partial charge on any atom is 0.191 e. The molecule has 2 rings (SSSR count). The molecule has 0 saturated heterocycles. The van der Waals surface area contributed by atoms with Gasteiger partial charge < -0.3 is 10.6 Å². The Balaban J connectivity index is 1.93. The van der Waals surface area contributed by atoms with E-state index in [0.29, 0.717) is 6.04 Å². The standard InChI is InChI=1S/C17H24ClN3/c1-17(2,13-7-6-8-14(18)11-13)12-20-16(19-3)21-15-9-4-5-10-15/h4-8,11,15H,9-10,12H2,1-3H3,(H2,19,20,21). The summed E-state index contributed by atoms with van der Waals surface area (Å²) in [6, 6.07) is 8.51. The van der Waals surface area contributed by atoms with Gasteiger partial charge in [0.2, 0.25) is 0 Å². The lowest BCUT2D eigenvalue weighted by Gasteiger charge is -2.27. The van der Waals surface area contributed by atoms with E-state index in [-0.39, 0.29) is 5.41 Å². The predicted octanol–water partition coefficient (Wildman–Crippen LogP) is 3.50. The lowest BCUT2D eigenvalue weighted by molar-refractivity contribution is 0.504. The Bertz CT molecular complexity index is 527. The highest BCUT2D eigenvalue weighted by atomic mass is 35.5. The molecule has 0 unspecified atom stereocenters. The van der Waals surface area contributed by atoms with Crippen molar-refractivity contribution in [2.75, 3.05) is 13.6 Å². The fraction of sp³-hybridized carbons (Fsp3) is 0.471. The minimum Gasteiger partial charge on any atom is -0.356 e. The minimum atomic E-state index is -0.0174. The van der Waals surface area contributed by atoms with Crippen LogP contribution in [0.2, 0.25) is 5.02 Å². The Kier molecular flexibility index (Phi) is 5.29. The van der Waals surface area contributed by atoms with Crippen molar-refractivity contribution in [1.82, 2.24) is 10.6 Å². The first-order valence-electron chi connectivity index (χ1n) is 7.39. The molecule has 0 saturated carbocycles. The maximum absolute atomic E-state index is 6.09. The predicted molar refractivity (Wildman–Crippen MR) is 91.1 cm³/mol. The molecule has 0 fully saturated rings. The van der Waals surface area contributed by atoms with Gasteiger partial charge in [-0.05, 0) is 30.5 Å². The monoisotopic (exact) mass is 305 g/mol. The Morgan fingerprint density at radius 3 is 2.67 bits per heavy atom. The van der Waals surface area contributed by atoms with Crippen molar-refractivity contribution in [1.29, 1.82) is 0 Å². The quantitative estimate of drug-likeness (QED) is 0.507. The third-order valence-electron chi connectivity index (χ3n) is 3.88. The largest absolute Gasteiger partial charge is 0.356 e. The molecule has 2 N–H and O–H groups in total. The molecule has 0 amide bonds. The summed E-state index contributed by atoms with van der Waals surface area (Å²) in [4.78, 5) is 4.31. The van der Waals surface area contributed by atoms with Crippen LogP contribution in [0.4, 0.5) is 0 Å². The van der Waals surface area contributed by atoms with Crippen molar-refractivity contribution >= 4 is 17.6 Å². The van der Waals surface area contributed by atoms with Crippen LogP contribution in [0.5, 0.6) is 0 Å². The normalized spacial score (nSPS) is 16.3. The van der Waals surface area contributed by atoms with Crippen LogP contribution in [-0.2, 0) is 5.41 Å². The fourth-order valence-electron chi connectivity index (χ4n) is 2.44. The number of benzene rings is 1.